The topological polar surface area (TPSA) is 0 Å². The number of hydrogen-bond donors (Lipinski definition) is 0. The molecule has 0 saturated heterocycles. The molecule has 0 radical (unpaired) electrons. The molecule has 0 heteroatoms. The fourth-order valence-electron chi connectivity index (χ4n) is 2.65. The van der Waals surface area contributed by atoms with Gasteiger partial charge in [-0.2, -0.15) is 0 Å². The molecule has 0 fully saturated rings. The van der Waals surface area contributed by atoms with E-state index in [1.54, 1.807) is 0 Å². The van der Waals surface area contributed by atoms with E-state index in [-0.39, 0.29) is 0 Å². The molecule has 13 heavy (non-hydrogen) atoms. The third-order valence-corrected chi connectivity index (χ3v) is 2.98. The first kappa shape index (κ1) is 10.8. The minimum atomic E-state index is 0.397. The fourth-order valence-corrected chi connectivity index (χ4v) is 2.65. The summed E-state index contributed by atoms with van der Waals surface area (Å²) < 4.78 is 0. The van der Waals surface area contributed by atoms with Crippen LogP contribution >= 0.6 is 0 Å². The largest absolute Gasteiger partial charge is 0.0880 e. The molecule has 0 atom stereocenters. The Kier molecular flexibility index (Phi) is 3.21. The molecule has 1 aliphatic carbocycles. The second-order valence-corrected chi connectivity index (χ2v) is 5.98. The molecule has 0 spiro atoms. The molecule has 76 valence electrons. The van der Waals surface area contributed by atoms with Crippen LogP contribution < -0.4 is 0 Å². The third kappa shape index (κ3) is 3.97. The average Bonchev–Trinajstić information content (AvgIpc) is 1.97. The molecule has 0 aromatic heterocycles. The Hall–Kier alpha value is -0.260. The van der Waals surface area contributed by atoms with Gasteiger partial charge in [-0.3, -0.25) is 0 Å². The van der Waals surface area contributed by atoms with Gasteiger partial charge < -0.3 is 0 Å². The molecule has 0 saturated carbocycles. The molecule has 0 amide bonds. The van der Waals surface area contributed by atoms with Crippen molar-refractivity contribution in [2.24, 2.45) is 10.8 Å². The minimum Gasteiger partial charge on any atom is -0.0880 e. The van der Waals surface area contributed by atoms with Crippen molar-refractivity contribution in [3.63, 3.8) is 0 Å². The van der Waals surface area contributed by atoms with Crippen molar-refractivity contribution >= 4 is 0 Å². The number of hydrogen-bond acceptors (Lipinski definition) is 0. The number of allylic oxidation sites excluding steroid dienone is 2. The Morgan fingerprint density at radius 1 is 1.00 bits per heavy atom. The van der Waals surface area contributed by atoms with E-state index in [0.717, 1.165) is 0 Å². The maximum atomic E-state index is 2.42. The smallest absolute Gasteiger partial charge is 0.0170 e. The van der Waals surface area contributed by atoms with Crippen LogP contribution in [0.2, 0.25) is 0 Å². The standard InChI is InChI=1S/C13H24/c1-12(2)9-7-5-6-8-10-13(3,4)11-12/h7,9H,5-6,8,10-11H2,1-4H3. The van der Waals surface area contributed by atoms with Crippen molar-refractivity contribution in [3.8, 4) is 0 Å². The Labute approximate surface area is 83.4 Å². The molecule has 0 bridgehead atoms. The summed E-state index contributed by atoms with van der Waals surface area (Å²) in [5.41, 5.74) is 0.923. The monoisotopic (exact) mass is 180 g/mol. The van der Waals surface area contributed by atoms with E-state index in [1.165, 1.54) is 32.1 Å². The Bertz CT molecular complexity index is 184. The SMILES string of the molecule is CC1(C)C=CCCCCC(C)(C)C1. The van der Waals surface area contributed by atoms with Crippen LogP contribution in [0.3, 0.4) is 0 Å². The summed E-state index contributed by atoms with van der Waals surface area (Å²) in [7, 11) is 0. The van der Waals surface area contributed by atoms with Gasteiger partial charge in [-0.15, -0.1) is 0 Å². The van der Waals surface area contributed by atoms with Crippen LogP contribution in [0.15, 0.2) is 12.2 Å². The molecule has 0 N–H and O–H groups in total. The van der Waals surface area contributed by atoms with E-state index in [2.05, 4.69) is 39.8 Å². The lowest BCUT2D eigenvalue weighted by Crippen LogP contribution is -2.21. The van der Waals surface area contributed by atoms with E-state index in [0.29, 0.717) is 10.8 Å². The van der Waals surface area contributed by atoms with Gasteiger partial charge in [0.05, 0.1) is 0 Å². The molecular formula is C13H24. The van der Waals surface area contributed by atoms with Gasteiger partial charge in [-0.1, -0.05) is 46.3 Å². The van der Waals surface area contributed by atoms with Crippen molar-refractivity contribution < 1.29 is 0 Å². The minimum absolute atomic E-state index is 0.397. The zero-order chi connectivity index (χ0) is 9.95. The van der Waals surface area contributed by atoms with Crippen LogP contribution in [0.25, 0.3) is 0 Å². The summed E-state index contributed by atoms with van der Waals surface area (Å²) in [6.07, 6.45) is 11.5. The second kappa shape index (κ2) is 3.86. The van der Waals surface area contributed by atoms with Gasteiger partial charge in [0.25, 0.3) is 0 Å². The van der Waals surface area contributed by atoms with Gasteiger partial charge in [0, 0.05) is 0 Å². The van der Waals surface area contributed by atoms with Crippen LogP contribution in [0.4, 0.5) is 0 Å². The predicted molar refractivity (Wildman–Crippen MR) is 59.8 cm³/mol. The summed E-state index contributed by atoms with van der Waals surface area (Å²) >= 11 is 0. The summed E-state index contributed by atoms with van der Waals surface area (Å²) in [5, 5.41) is 0. The quantitative estimate of drug-likeness (QED) is 0.479. The van der Waals surface area contributed by atoms with Crippen LogP contribution in [-0.4, -0.2) is 0 Å². The Morgan fingerprint density at radius 3 is 2.38 bits per heavy atom. The maximum Gasteiger partial charge on any atom is -0.0170 e. The molecule has 0 unspecified atom stereocenters. The van der Waals surface area contributed by atoms with Crippen molar-refractivity contribution in [1.29, 1.82) is 0 Å². The molecule has 0 nitrogen and oxygen atoms in total. The number of rotatable bonds is 0. The third-order valence-electron chi connectivity index (χ3n) is 2.98. The first-order valence-electron chi connectivity index (χ1n) is 5.59. The molecule has 0 aromatic rings. The van der Waals surface area contributed by atoms with Gasteiger partial charge >= 0.3 is 0 Å². The lowest BCUT2D eigenvalue weighted by molar-refractivity contribution is 0.218. The second-order valence-electron chi connectivity index (χ2n) is 5.98. The fraction of sp³-hybridized carbons (Fsp3) is 0.846. The Morgan fingerprint density at radius 2 is 1.69 bits per heavy atom. The molecular weight excluding hydrogens is 156 g/mol. The van der Waals surface area contributed by atoms with E-state index >= 15 is 0 Å². The van der Waals surface area contributed by atoms with Crippen LogP contribution in [0.5, 0.6) is 0 Å². The first-order chi connectivity index (χ1) is 5.91. The Balaban J connectivity index is 2.70. The van der Waals surface area contributed by atoms with Crippen molar-refractivity contribution in [3.05, 3.63) is 12.2 Å². The highest BCUT2D eigenvalue weighted by atomic mass is 14.3. The van der Waals surface area contributed by atoms with Crippen LogP contribution in [0.1, 0.15) is 59.8 Å². The van der Waals surface area contributed by atoms with E-state index in [1.807, 2.05) is 0 Å². The van der Waals surface area contributed by atoms with E-state index < -0.39 is 0 Å². The zero-order valence-electron chi connectivity index (χ0n) is 9.69. The van der Waals surface area contributed by atoms with Crippen molar-refractivity contribution in [2.75, 3.05) is 0 Å². The van der Waals surface area contributed by atoms with Gasteiger partial charge in [0.15, 0.2) is 0 Å². The predicted octanol–water partition coefficient (Wildman–Crippen LogP) is 4.56. The molecule has 0 aliphatic heterocycles. The van der Waals surface area contributed by atoms with Gasteiger partial charge in [-0.05, 0) is 36.5 Å². The highest BCUT2D eigenvalue weighted by molar-refractivity contribution is 4.98. The van der Waals surface area contributed by atoms with Crippen molar-refractivity contribution in [1.82, 2.24) is 0 Å². The summed E-state index contributed by atoms with van der Waals surface area (Å²) in [6.45, 7) is 9.54. The highest BCUT2D eigenvalue weighted by Crippen LogP contribution is 2.39. The van der Waals surface area contributed by atoms with Gasteiger partial charge in [-0.25, -0.2) is 0 Å². The first-order valence-corrected chi connectivity index (χ1v) is 5.59. The van der Waals surface area contributed by atoms with Gasteiger partial charge in [0.1, 0.15) is 0 Å². The lowest BCUT2D eigenvalue weighted by Gasteiger charge is -2.32. The molecule has 0 aromatic carbocycles. The molecule has 1 aliphatic rings. The van der Waals surface area contributed by atoms with Gasteiger partial charge in [0.2, 0.25) is 0 Å². The average molecular weight is 180 g/mol. The molecule has 0 heterocycles. The summed E-state index contributed by atoms with van der Waals surface area (Å²) in [5.74, 6) is 0. The summed E-state index contributed by atoms with van der Waals surface area (Å²) in [4.78, 5) is 0. The maximum absolute atomic E-state index is 2.42. The highest BCUT2D eigenvalue weighted by Gasteiger charge is 2.26. The normalized spacial score (nSPS) is 27.4. The van der Waals surface area contributed by atoms with E-state index in [4.69, 9.17) is 0 Å². The van der Waals surface area contributed by atoms with Crippen molar-refractivity contribution in [2.45, 2.75) is 59.8 Å². The van der Waals surface area contributed by atoms with Crippen LogP contribution in [0, 0.1) is 10.8 Å². The molecule has 1 rings (SSSR count). The van der Waals surface area contributed by atoms with Crippen LogP contribution in [-0.2, 0) is 0 Å². The van der Waals surface area contributed by atoms with E-state index in [9.17, 15) is 0 Å². The zero-order valence-corrected chi connectivity index (χ0v) is 9.69. The summed E-state index contributed by atoms with van der Waals surface area (Å²) in [6, 6.07) is 0. The lowest BCUT2D eigenvalue weighted by atomic mass is 9.73.